The molecule has 0 radical (unpaired) electrons. The molecule has 0 unspecified atom stereocenters. The van der Waals surface area contributed by atoms with E-state index < -0.39 is 0 Å². The van der Waals surface area contributed by atoms with Crippen LogP contribution in [0.4, 0.5) is 4.39 Å². The van der Waals surface area contributed by atoms with Gasteiger partial charge >= 0.3 is 0 Å². The third-order valence-electron chi connectivity index (χ3n) is 2.15. The molecule has 1 aromatic carbocycles. The average Bonchev–Trinajstić information content (AvgIpc) is 2.09. The summed E-state index contributed by atoms with van der Waals surface area (Å²) in [5.74, 6) is -0.188. The monoisotopic (exact) mass is 181 g/mol. The lowest BCUT2D eigenvalue weighted by molar-refractivity contribution is 0.559. The molecule has 0 aromatic heterocycles. The van der Waals surface area contributed by atoms with E-state index in [0.29, 0.717) is 5.56 Å². The normalized spacial score (nSPS) is 12.9. The van der Waals surface area contributed by atoms with E-state index in [4.69, 9.17) is 5.73 Å². The highest BCUT2D eigenvalue weighted by atomic mass is 19.1. The minimum absolute atomic E-state index is 0.162. The van der Waals surface area contributed by atoms with Crippen LogP contribution >= 0.6 is 0 Å². The third kappa shape index (κ3) is 2.52. The van der Waals surface area contributed by atoms with Crippen LogP contribution in [0.5, 0.6) is 0 Å². The minimum atomic E-state index is -0.188. The summed E-state index contributed by atoms with van der Waals surface area (Å²) in [6.45, 7) is 4.00. The zero-order valence-corrected chi connectivity index (χ0v) is 8.18. The van der Waals surface area contributed by atoms with E-state index in [0.717, 1.165) is 18.4 Å². The first-order valence-electron chi connectivity index (χ1n) is 4.66. The van der Waals surface area contributed by atoms with Crippen molar-refractivity contribution in [2.24, 2.45) is 5.73 Å². The number of benzene rings is 1. The first-order valence-corrected chi connectivity index (χ1v) is 4.66. The number of hydrogen-bond acceptors (Lipinski definition) is 1. The third-order valence-corrected chi connectivity index (χ3v) is 2.15. The largest absolute Gasteiger partial charge is 0.324 e. The maximum Gasteiger partial charge on any atom is 0.127 e. The van der Waals surface area contributed by atoms with Gasteiger partial charge in [0, 0.05) is 11.6 Å². The van der Waals surface area contributed by atoms with E-state index in [1.54, 1.807) is 6.07 Å². The number of hydrogen-bond donors (Lipinski definition) is 1. The molecule has 0 heterocycles. The molecule has 0 aliphatic carbocycles. The second-order valence-corrected chi connectivity index (χ2v) is 3.42. The predicted octanol–water partition coefficient (Wildman–Crippen LogP) is 2.93. The van der Waals surface area contributed by atoms with Crippen molar-refractivity contribution in [3.05, 3.63) is 35.1 Å². The Morgan fingerprint density at radius 2 is 2.15 bits per heavy atom. The topological polar surface area (TPSA) is 26.0 Å². The summed E-state index contributed by atoms with van der Waals surface area (Å²) in [6, 6.07) is 4.91. The number of nitrogens with two attached hydrogens (primary N) is 1. The molecule has 1 atom stereocenters. The fraction of sp³-hybridized carbons (Fsp3) is 0.455. The van der Waals surface area contributed by atoms with Gasteiger partial charge < -0.3 is 5.73 Å². The Kier molecular flexibility index (Phi) is 3.43. The van der Waals surface area contributed by atoms with Crippen LogP contribution in [0.1, 0.15) is 36.9 Å². The maximum absolute atomic E-state index is 13.3. The van der Waals surface area contributed by atoms with Gasteiger partial charge in [-0.2, -0.15) is 0 Å². The van der Waals surface area contributed by atoms with Crippen LogP contribution < -0.4 is 5.73 Å². The van der Waals surface area contributed by atoms with Crippen molar-refractivity contribution in [3.8, 4) is 0 Å². The van der Waals surface area contributed by atoms with Gasteiger partial charge in [-0.1, -0.05) is 31.0 Å². The number of halogens is 1. The summed E-state index contributed by atoms with van der Waals surface area (Å²) >= 11 is 0. The smallest absolute Gasteiger partial charge is 0.127 e. The molecule has 1 rings (SSSR count). The van der Waals surface area contributed by atoms with Crippen LogP contribution in [0.15, 0.2) is 18.2 Å². The molecule has 13 heavy (non-hydrogen) atoms. The summed E-state index contributed by atoms with van der Waals surface area (Å²) in [4.78, 5) is 0. The van der Waals surface area contributed by atoms with Crippen molar-refractivity contribution in [2.75, 3.05) is 0 Å². The highest BCUT2D eigenvalue weighted by Crippen LogP contribution is 2.20. The van der Waals surface area contributed by atoms with Crippen molar-refractivity contribution >= 4 is 0 Å². The maximum atomic E-state index is 13.3. The first kappa shape index (κ1) is 10.2. The van der Waals surface area contributed by atoms with Crippen LogP contribution in [0.2, 0.25) is 0 Å². The van der Waals surface area contributed by atoms with Crippen molar-refractivity contribution in [1.82, 2.24) is 0 Å². The fourth-order valence-corrected chi connectivity index (χ4v) is 1.41. The van der Waals surface area contributed by atoms with E-state index in [1.165, 1.54) is 6.07 Å². The van der Waals surface area contributed by atoms with Gasteiger partial charge in [-0.3, -0.25) is 0 Å². The van der Waals surface area contributed by atoms with Gasteiger partial charge in [-0.15, -0.1) is 0 Å². The van der Waals surface area contributed by atoms with E-state index in [9.17, 15) is 4.39 Å². The highest BCUT2D eigenvalue weighted by Gasteiger charge is 2.09. The van der Waals surface area contributed by atoms with Gasteiger partial charge in [0.2, 0.25) is 0 Å². The lowest BCUT2D eigenvalue weighted by atomic mass is 10.0. The van der Waals surface area contributed by atoms with Crippen LogP contribution in [0.25, 0.3) is 0 Å². The van der Waals surface area contributed by atoms with Crippen LogP contribution in [0, 0.1) is 12.7 Å². The molecule has 72 valence electrons. The lowest BCUT2D eigenvalue weighted by Crippen LogP contribution is -2.11. The Morgan fingerprint density at radius 1 is 1.46 bits per heavy atom. The lowest BCUT2D eigenvalue weighted by Gasteiger charge is -2.12. The van der Waals surface area contributed by atoms with Gasteiger partial charge in [0.25, 0.3) is 0 Å². The van der Waals surface area contributed by atoms with Gasteiger partial charge in [-0.25, -0.2) is 4.39 Å². The molecular weight excluding hydrogens is 165 g/mol. The second-order valence-electron chi connectivity index (χ2n) is 3.42. The van der Waals surface area contributed by atoms with Gasteiger partial charge in [-0.05, 0) is 19.4 Å². The van der Waals surface area contributed by atoms with Crippen molar-refractivity contribution in [2.45, 2.75) is 32.7 Å². The summed E-state index contributed by atoms with van der Waals surface area (Å²) in [7, 11) is 0. The van der Waals surface area contributed by atoms with Gasteiger partial charge in [0.1, 0.15) is 5.82 Å². The summed E-state index contributed by atoms with van der Waals surface area (Å²) in [5.41, 5.74) is 7.53. The zero-order valence-electron chi connectivity index (χ0n) is 8.18. The first-order chi connectivity index (χ1) is 6.15. The summed E-state index contributed by atoms with van der Waals surface area (Å²) in [5, 5.41) is 0. The van der Waals surface area contributed by atoms with E-state index in [1.807, 2.05) is 19.9 Å². The Labute approximate surface area is 78.8 Å². The molecule has 0 fully saturated rings. The highest BCUT2D eigenvalue weighted by molar-refractivity contribution is 5.26. The SMILES string of the molecule is CCC[C@H](N)c1cc(C)ccc1F. The molecule has 0 aliphatic heterocycles. The molecule has 1 nitrogen and oxygen atoms in total. The minimum Gasteiger partial charge on any atom is -0.324 e. The fourth-order valence-electron chi connectivity index (χ4n) is 1.41. The summed E-state index contributed by atoms with van der Waals surface area (Å²) in [6.07, 6.45) is 1.81. The number of aryl methyl sites for hydroxylation is 1. The Balaban J connectivity index is 2.91. The zero-order chi connectivity index (χ0) is 9.84. The molecule has 1 aromatic rings. The standard InChI is InChI=1S/C11H16FN/c1-3-4-11(13)9-7-8(2)5-6-10(9)12/h5-7,11H,3-4,13H2,1-2H3/t11-/m0/s1. The molecule has 0 amide bonds. The predicted molar refractivity (Wildman–Crippen MR) is 53.0 cm³/mol. The molecule has 0 bridgehead atoms. The average molecular weight is 181 g/mol. The molecule has 0 aliphatic rings. The molecular formula is C11H16FN. The van der Waals surface area contributed by atoms with E-state index in [-0.39, 0.29) is 11.9 Å². The van der Waals surface area contributed by atoms with E-state index in [2.05, 4.69) is 0 Å². The van der Waals surface area contributed by atoms with Crippen LogP contribution in [-0.2, 0) is 0 Å². The van der Waals surface area contributed by atoms with Crippen molar-refractivity contribution < 1.29 is 4.39 Å². The summed E-state index contributed by atoms with van der Waals surface area (Å²) < 4.78 is 13.3. The van der Waals surface area contributed by atoms with Crippen LogP contribution in [-0.4, -0.2) is 0 Å². The Bertz CT molecular complexity index is 283. The van der Waals surface area contributed by atoms with Gasteiger partial charge in [0.15, 0.2) is 0 Å². The molecule has 2 N–H and O–H groups in total. The molecule has 2 heteroatoms. The van der Waals surface area contributed by atoms with Crippen molar-refractivity contribution in [1.29, 1.82) is 0 Å². The Morgan fingerprint density at radius 3 is 2.77 bits per heavy atom. The van der Waals surface area contributed by atoms with Crippen molar-refractivity contribution in [3.63, 3.8) is 0 Å². The molecule has 0 spiro atoms. The molecule has 0 saturated carbocycles. The second kappa shape index (κ2) is 4.38. The van der Waals surface area contributed by atoms with Gasteiger partial charge in [0.05, 0.1) is 0 Å². The Hall–Kier alpha value is -0.890. The number of rotatable bonds is 3. The van der Waals surface area contributed by atoms with E-state index >= 15 is 0 Å². The molecule has 0 saturated heterocycles. The van der Waals surface area contributed by atoms with Crippen LogP contribution in [0.3, 0.4) is 0 Å². The quantitative estimate of drug-likeness (QED) is 0.762.